The highest BCUT2D eigenvalue weighted by molar-refractivity contribution is 5.97. The minimum Gasteiger partial charge on any atom is -0.342 e. The number of carbonyl (C=O) groups is 1. The molecule has 68 valence electrons. The monoisotopic (exact) mass is 175 g/mol. The number of hydrogen-bond donors (Lipinski definition) is 0. The molecule has 1 aromatic heterocycles. The number of aromatic nitrogens is 1. The lowest BCUT2D eigenvalue weighted by Crippen LogP contribution is -2.14. The molecule has 2 heterocycles. The molecule has 0 saturated heterocycles. The van der Waals surface area contributed by atoms with E-state index < -0.39 is 0 Å². The van der Waals surface area contributed by atoms with Crippen molar-refractivity contribution < 1.29 is 4.79 Å². The molecule has 0 unspecified atom stereocenters. The lowest BCUT2D eigenvalue weighted by atomic mass is 9.96. The van der Waals surface area contributed by atoms with Gasteiger partial charge in [0.1, 0.15) is 0 Å². The van der Waals surface area contributed by atoms with Crippen LogP contribution < -0.4 is 0 Å². The van der Waals surface area contributed by atoms with Gasteiger partial charge in [-0.3, -0.25) is 4.79 Å². The summed E-state index contributed by atoms with van der Waals surface area (Å²) >= 11 is 0. The van der Waals surface area contributed by atoms with Crippen molar-refractivity contribution in [3.05, 3.63) is 23.0 Å². The van der Waals surface area contributed by atoms with Gasteiger partial charge in [0.2, 0.25) is 0 Å². The molecule has 13 heavy (non-hydrogen) atoms. The van der Waals surface area contributed by atoms with Crippen LogP contribution in [0.3, 0.4) is 0 Å². The average molecular weight is 175 g/mol. The highest BCUT2D eigenvalue weighted by Crippen LogP contribution is 2.29. The van der Waals surface area contributed by atoms with Crippen LogP contribution in [0.1, 0.15) is 41.0 Å². The second-order valence-corrected chi connectivity index (χ2v) is 4.04. The van der Waals surface area contributed by atoms with E-state index in [1.54, 1.807) is 0 Å². The van der Waals surface area contributed by atoms with Crippen LogP contribution in [-0.4, -0.2) is 10.4 Å². The van der Waals surface area contributed by atoms with Crippen molar-refractivity contribution >= 4 is 5.78 Å². The Hall–Kier alpha value is -1.05. The first-order valence-corrected chi connectivity index (χ1v) is 5.11. The molecule has 0 spiro atoms. The summed E-state index contributed by atoms with van der Waals surface area (Å²) in [6.07, 6.45) is 5.31. The maximum absolute atomic E-state index is 11.7. The van der Waals surface area contributed by atoms with Gasteiger partial charge in [-0.15, -0.1) is 0 Å². The van der Waals surface area contributed by atoms with Gasteiger partial charge >= 0.3 is 0 Å². The van der Waals surface area contributed by atoms with Crippen molar-refractivity contribution in [1.29, 1.82) is 0 Å². The van der Waals surface area contributed by atoms with Crippen LogP contribution in [0.15, 0.2) is 6.07 Å². The zero-order valence-corrected chi connectivity index (χ0v) is 7.68. The first kappa shape index (κ1) is 7.36. The molecule has 1 aromatic rings. The number of nitrogens with zero attached hydrogens (tertiary/aromatic N) is 1. The summed E-state index contributed by atoms with van der Waals surface area (Å²) in [5, 5.41) is 0. The van der Waals surface area contributed by atoms with Crippen molar-refractivity contribution in [3.8, 4) is 0 Å². The molecule has 0 N–H and O–H groups in total. The average Bonchev–Trinajstić information content (AvgIpc) is 2.62. The molecular weight excluding hydrogens is 162 g/mol. The molecule has 0 aromatic carbocycles. The lowest BCUT2D eigenvalue weighted by molar-refractivity contribution is 0.0963. The topological polar surface area (TPSA) is 22.0 Å². The van der Waals surface area contributed by atoms with E-state index in [9.17, 15) is 4.79 Å². The minimum absolute atomic E-state index is 0.370. The van der Waals surface area contributed by atoms with Gasteiger partial charge in [0.25, 0.3) is 0 Å². The third-order valence-electron chi connectivity index (χ3n) is 3.19. The maximum Gasteiger partial charge on any atom is 0.179 e. The van der Waals surface area contributed by atoms with Gasteiger partial charge in [-0.1, -0.05) is 0 Å². The zero-order chi connectivity index (χ0) is 8.84. The SMILES string of the molecule is O=C1CCCc2cc3n(c21)CCC3. The van der Waals surface area contributed by atoms with Crippen LogP contribution >= 0.6 is 0 Å². The third-order valence-corrected chi connectivity index (χ3v) is 3.19. The molecule has 0 saturated carbocycles. The molecule has 0 bridgehead atoms. The second-order valence-electron chi connectivity index (χ2n) is 4.04. The molecule has 0 atom stereocenters. The minimum atomic E-state index is 0.370. The van der Waals surface area contributed by atoms with Crippen LogP contribution in [0.25, 0.3) is 0 Å². The standard InChI is InChI=1S/C11H13NO/c13-10-5-1-3-8-7-9-4-2-6-12(9)11(8)10/h7H,1-6H2. The molecule has 1 aliphatic carbocycles. The molecule has 2 heteroatoms. The fourth-order valence-corrected chi connectivity index (χ4v) is 2.62. The number of carbonyl (C=O) groups excluding carboxylic acids is 1. The van der Waals surface area contributed by atoms with Crippen molar-refractivity contribution in [2.75, 3.05) is 0 Å². The number of hydrogen-bond acceptors (Lipinski definition) is 1. The number of ketones is 1. The van der Waals surface area contributed by atoms with Gasteiger partial charge in [-0.05, 0) is 37.3 Å². The predicted molar refractivity (Wildman–Crippen MR) is 50.0 cm³/mol. The summed E-state index contributed by atoms with van der Waals surface area (Å²) in [4.78, 5) is 11.7. The fourth-order valence-electron chi connectivity index (χ4n) is 2.62. The number of aryl methyl sites for hydroxylation is 2. The summed E-state index contributed by atoms with van der Waals surface area (Å²) in [6, 6.07) is 2.25. The Labute approximate surface area is 77.6 Å². The maximum atomic E-state index is 11.7. The van der Waals surface area contributed by atoms with Gasteiger partial charge in [0.05, 0.1) is 5.69 Å². The van der Waals surface area contributed by atoms with Crippen LogP contribution in [0.4, 0.5) is 0 Å². The summed E-state index contributed by atoms with van der Waals surface area (Å²) in [6.45, 7) is 1.07. The quantitative estimate of drug-likeness (QED) is 0.590. The smallest absolute Gasteiger partial charge is 0.179 e. The number of Topliss-reactive ketones (excluding diaryl/α,β-unsaturated/α-hetero) is 1. The molecule has 0 radical (unpaired) electrons. The summed E-state index contributed by atoms with van der Waals surface area (Å²) < 4.78 is 2.25. The van der Waals surface area contributed by atoms with E-state index in [4.69, 9.17) is 0 Å². The van der Waals surface area contributed by atoms with Gasteiger partial charge in [-0.25, -0.2) is 0 Å². The Balaban J connectivity index is 2.21. The van der Waals surface area contributed by atoms with Gasteiger partial charge < -0.3 is 4.57 Å². The van der Waals surface area contributed by atoms with Crippen LogP contribution in [-0.2, 0) is 19.4 Å². The Bertz CT molecular complexity index is 376. The number of fused-ring (bicyclic) bond motifs is 3. The van der Waals surface area contributed by atoms with Crippen molar-refractivity contribution in [2.24, 2.45) is 0 Å². The van der Waals surface area contributed by atoms with E-state index in [1.807, 2.05) is 0 Å². The molecule has 1 aliphatic heterocycles. The highest BCUT2D eigenvalue weighted by Gasteiger charge is 2.26. The van der Waals surface area contributed by atoms with E-state index in [1.165, 1.54) is 24.1 Å². The molecular formula is C11H13NO. The molecule has 0 fully saturated rings. The van der Waals surface area contributed by atoms with Crippen molar-refractivity contribution in [3.63, 3.8) is 0 Å². The van der Waals surface area contributed by atoms with E-state index in [0.29, 0.717) is 5.78 Å². The van der Waals surface area contributed by atoms with E-state index in [2.05, 4.69) is 10.6 Å². The largest absolute Gasteiger partial charge is 0.342 e. The Kier molecular flexibility index (Phi) is 1.40. The van der Waals surface area contributed by atoms with E-state index in [-0.39, 0.29) is 0 Å². The van der Waals surface area contributed by atoms with Crippen LogP contribution in [0.5, 0.6) is 0 Å². The Morgan fingerprint density at radius 3 is 3.00 bits per heavy atom. The Morgan fingerprint density at radius 1 is 1.15 bits per heavy atom. The normalized spacial score (nSPS) is 20.2. The highest BCUT2D eigenvalue weighted by atomic mass is 16.1. The number of rotatable bonds is 0. The summed E-state index contributed by atoms with van der Waals surface area (Å²) in [7, 11) is 0. The van der Waals surface area contributed by atoms with Crippen LogP contribution in [0, 0.1) is 0 Å². The van der Waals surface area contributed by atoms with Gasteiger partial charge in [0.15, 0.2) is 5.78 Å². The molecule has 3 rings (SSSR count). The predicted octanol–water partition coefficient (Wildman–Crippen LogP) is 1.95. The molecule has 0 amide bonds. The second kappa shape index (κ2) is 2.47. The fraction of sp³-hybridized carbons (Fsp3) is 0.545. The zero-order valence-electron chi connectivity index (χ0n) is 7.68. The lowest BCUT2D eigenvalue weighted by Gasteiger charge is -2.12. The third kappa shape index (κ3) is 0.916. The first-order valence-electron chi connectivity index (χ1n) is 5.11. The van der Waals surface area contributed by atoms with Crippen molar-refractivity contribution in [2.45, 2.75) is 38.6 Å². The van der Waals surface area contributed by atoms with Gasteiger partial charge in [0, 0.05) is 18.7 Å². The van der Waals surface area contributed by atoms with E-state index in [0.717, 1.165) is 31.5 Å². The first-order chi connectivity index (χ1) is 6.36. The van der Waals surface area contributed by atoms with E-state index >= 15 is 0 Å². The summed E-state index contributed by atoms with van der Waals surface area (Å²) in [5.74, 6) is 0.370. The van der Waals surface area contributed by atoms with Crippen molar-refractivity contribution in [1.82, 2.24) is 4.57 Å². The van der Waals surface area contributed by atoms with Gasteiger partial charge in [-0.2, -0.15) is 0 Å². The molecule has 2 nitrogen and oxygen atoms in total. The van der Waals surface area contributed by atoms with Crippen LogP contribution in [0.2, 0.25) is 0 Å². The molecule has 2 aliphatic rings. The Morgan fingerprint density at radius 2 is 2.08 bits per heavy atom. The summed E-state index contributed by atoms with van der Waals surface area (Å²) in [5.41, 5.74) is 3.74.